The van der Waals surface area contributed by atoms with Gasteiger partial charge in [-0.3, -0.25) is 9.59 Å². The Hall–Kier alpha value is -3.66. The number of aromatic nitrogens is 2. The standard InChI is InChI=1S/2C19H24F3N3O2.CH4/c2*20-19(21,22)14-2-3-16(23-12-14)24-8-1-6-18(13-24)7-9-25(17(18)26)15-4-10-27-11-5-15;/h2*2-3,12,15H,1,4-11,13H2;1H4/t2*18-;/m10./s1. The molecule has 2 spiro atoms. The van der Waals surface area contributed by atoms with E-state index in [0.29, 0.717) is 64.2 Å². The number of carbonyl (C=O) groups excluding carboxylic acids is 2. The smallest absolute Gasteiger partial charge is 0.381 e. The lowest BCUT2D eigenvalue weighted by Crippen LogP contribution is -2.50. The molecule has 0 N–H and O–H groups in total. The average Bonchev–Trinajstić information content (AvgIpc) is 3.66. The number of halogens is 6. The van der Waals surface area contributed by atoms with Gasteiger partial charge in [-0.1, -0.05) is 7.43 Å². The minimum absolute atomic E-state index is 0. The summed E-state index contributed by atoms with van der Waals surface area (Å²) in [6.45, 7) is 6.80. The Kier molecular flexibility index (Phi) is 12.3. The van der Waals surface area contributed by atoms with Crippen LogP contribution < -0.4 is 9.80 Å². The second-order valence-corrected chi connectivity index (χ2v) is 15.6. The topological polar surface area (TPSA) is 91.3 Å². The van der Waals surface area contributed by atoms with E-state index in [2.05, 4.69) is 9.97 Å². The molecule has 55 heavy (non-hydrogen) atoms. The monoisotopic (exact) mass is 782 g/mol. The Labute approximate surface area is 318 Å². The fourth-order valence-electron chi connectivity index (χ4n) is 9.28. The molecule has 8 rings (SSSR count). The van der Waals surface area contributed by atoms with E-state index in [4.69, 9.17) is 9.47 Å². The first-order chi connectivity index (χ1) is 25.8. The Morgan fingerprint density at radius 3 is 1.29 bits per heavy atom. The number of amides is 2. The molecule has 0 bridgehead atoms. The number of anilines is 2. The van der Waals surface area contributed by atoms with Crippen molar-refractivity contribution in [3.05, 3.63) is 47.8 Å². The van der Waals surface area contributed by atoms with Crippen molar-refractivity contribution in [2.75, 3.05) is 75.5 Å². The third-order valence-electron chi connectivity index (χ3n) is 12.3. The molecule has 8 heterocycles. The molecule has 0 aliphatic carbocycles. The van der Waals surface area contributed by atoms with Crippen molar-refractivity contribution in [1.29, 1.82) is 0 Å². The van der Waals surface area contributed by atoms with Crippen LogP contribution in [-0.4, -0.2) is 109 Å². The van der Waals surface area contributed by atoms with Gasteiger partial charge in [0.15, 0.2) is 0 Å². The number of hydrogen-bond donors (Lipinski definition) is 0. The predicted molar refractivity (Wildman–Crippen MR) is 193 cm³/mol. The maximum atomic E-state index is 13.2. The van der Waals surface area contributed by atoms with Gasteiger partial charge in [-0.25, -0.2) is 9.97 Å². The van der Waals surface area contributed by atoms with E-state index in [0.717, 1.165) is 102 Å². The van der Waals surface area contributed by atoms with Gasteiger partial charge < -0.3 is 29.1 Å². The molecule has 2 aromatic heterocycles. The molecule has 10 nitrogen and oxygen atoms in total. The first kappa shape index (κ1) is 41.0. The van der Waals surface area contributed by atoms with Crippen LogP contribution in [0.2, 0.25) is 0 Å². The summed E-state index contributed by atoms with van der Waals surface area (Å²) in [5.74, 6) is 1.43. The fraction of sp³-hybridized carbons (Fsp3) is 0.692. The molecule has 6 saturated heterocycles. The molecule has 0 radical (unpaired) electrons. The number of rotatable bonds is 4. The number of piperidine rings is 2. The predicted octanol–water partition coefficient (Wildman–Crippen LogP) is 6.83. The van der Waals surface area contributed by atoms with E-state index in [1.54, 1.807) is 0 Å². The number of ether oxygens (including phenoxy) is 2. The number of likely N-dealkylation sites (tertiary alicyclic amines) is 2. The first-order valence-electron chi connectivity index (χ1n) is 19.1. The van der Waals surface area contributed by atoms with Crippen LogP contribution in [0, 0.1) is 10.8 Å². The lowest BCUT2D eigenvalue weighted by molar-refractivity contribution is -0.140. The zero-order valence-electron chi connectivity index (χ0n) is 30.3. The molecular formula is C39H52F6N6O4. The minimum atomic E-state index is -4.39. The van der Waals surface area contributed by atoms with E-state index >= 15 is 0 Å². The van der Waals surface area contributed by atoms with Crippen LogP contribution in [0.15, 0.2) is 36.7 Å². The zero-order valence-corrected chi connectivity index (χ0v) is 30.3. The highest BCUT2D eigenvalue weighted by molar-refractivity contribution is 5.87. The molecule has 6 fully saturated rings. The summed E-state index contributed by atoms with van der Waals surface area (Å²) in [7, 11) is 0. The number of pyridine rings is 2. The molecule has 0 aromatic carbocycles. The molecule has 2 amide bonds. The van der Waals surface area contributed by atoms with Crippen molar-refractivity contribution in [1.82, 2.24) is 19.8 Å². The highest BCUT2D eigenvalue weighted by atomic mass is 19.4. The van der Waals surface area contributed by atoms with Gasteiger partial charge in [0.1, 0.15) is 11.6 Å². The lowest BCUT2D eigenvalue weighted by atomic mass is 9.78. The number of alkyl halides is 6. The van der Waals surface area contributed by atoms with Crippen molar-refractivity contribution < 1.29 is 45.4 Å². The summed E-state index contributed by atoms with van der Waals surface area (Å²) in [6, 6.07) is 5.47. The highest BCUT2D eigenvalue weighted by Gasteiger charge is 2.52. The van der Waals surface area contributed by atoms with E-state index < -0.39 is 34.3 Å². The Bertz CT molecular complexity index is 1500. The fourth-order valence-corrected chi connectivity index (χ4v) is 9.28. The summed E-state index contributed by atoms with van der Waals surface area (Å²) in [5, 5.41) is 0. The summed E-state index contributed by atoms with van der Waals surface area (Å²) in [5.41, 5.74) is -2.36. The average molecular weight is 783 g/mol. The van der Waals surface area contributed by atoms with Crippen molar-refractivity contribution in [2.24, 2.45) is 10.8 Å². The lowest BCUT2D eigenvalue weighted by Gasteiger charge is -2.40. The van der Waals surface area contributed by atoms with Gasteiger partial charge in [0.2, 0.25) is 11.8 Å². The van der Waals surface area contributed by atoms with Crippen LogP contribution in [0.3, 0.4) is 0 Å². The van der Waals surface area contributed by atoms with Gasteiger partial charge in [-0.2, -0.15) is 26.3 Å². The third-order valence-corrected chi connectivity index (χ3v) is 12.3. The van der Waals surface area contributed by atoms with Crippen molar-refractivity contribution >= 4 is 23.5 Å². The van der Waals surface area contributed by atoms with Crippen LogP contribution in [0.5, 0.6) is 0 Å². The first-order valence-corrected chi connectivity index (χ1v) is 19.1. The summed E-state index contributed by atoms with van der Waals surface area (Å²) in [4.78, 5) is 42.5. The van der Waals surface area contributed by atoms with Gasteiger partial charge in [-0.15, -0.1) is 0 Å². The quantitative estimate of drug-likeness (QED) is 0.312. The van der Waals surface area contributed by atoms with Crippen molar-refractivity contribution in [3.63, 3.8) is 0 Å². The van der Waals surface area contributed by atoms with E-state index in [-0.39, 0.29) is 31.3 Å². The van der Waals surface area contributed by atoms with E-state index in [1.165, 1.54) is 12.1 Å². The summed E-state index contributed by atoms with van der Waals surface area (Å²) in [6.07, 6.45) is 1.47. The van der Waals surface area contributed by atoms with Crippen LogP contribution in [0.1, 0.15) is 82.8 Å². The van der Waals surface area contributed by atoms with Crippen molar-refractivity contribution in [2.45, 2.75) is 96.1 Å². The van der Waals surface area contributed by atoms with Crippen molar-refractivity contribution in [3.8, 4) is 0 Å². The van der Waals surface area contributed by atoms with Crippen LogP contribution in [-0.2, 0) is 31.4 Å². The van der Waals surface area contributed by atoms with Crippen LogP contribution in [0.4, 0.5) is 38.0 Å². The summed E-state index contributed by atoms with van der Waals surface area (Å²) < 4.78 is 87.4. The Morgan fingerprint density at radius 2 is 0.964 bits per heavy atom. The van der Waals surface area contributed by atoms with Gasteiger partial charge in [-0.05, 0) is 88.5 Å². The highest BCUT2D eigenvalue weighted by Crippen LogP contribution is 2.44. The second-order valence-electron chi connectivity index (χ2n) is 15.6. The molecule has 2 atom stereocenters. The number of hydrogen-bond acceptors (Lipinski definition) is 8. The molecular weight excluding hydrogens is 730 g/mol. The van der Waals surface area contributed by atoms with Gasteiger partial charge in [0.25, 0.3) is 0 Å². The molecule has 6 aliphatic rings. The Balaban J connectivity index is 0.000000184. The summed E-state index contributed by atoms with van der Waals surface area (Å²) >= 11 is 0. The maximum Gasteiger partial charge on any atom is 0.417 e. The molecule has 16 heteroatoms. The zero-order chi connectivity index (χ0) is 38.1. The third kappa shape index (κ3) is 8.69. The Morgan fingerprint density at radius 1 is 0.582 bits per heavy atom. The molecule has 304 valence electrons. The number of carbonyl (C=O) groups is 2. The normalized spacial score (nSPS) is 27.1. The van der Waals surface area contributed by atoms with Crippen LogP contribution >= 0.6 is 0 Å². The SMILES string of the molecule is C.O=C1N(C2CCOCC2)CC[C@@]12CCCN(c1ccc(C(F)(F)F)cn1)C2.O=C1N(C2CCOCC2)CC[C@]12CCCN(c1ccc(C(F)(F)F)cn1)C2. The second kappa shape index (κ2) is 16.4. The maximum absolute atomic E-state index is 13.2. The largest absolute Gasteiger partial charge is 0.417 e. The molecule has 0 unspecified atom stereocenters. The van der Waals surface area contributed by atoms with Gasteiger partial charge in [0.05, 0.1) is 22.0 Å². The molecule has 2 aromatic rings. The van der Waals surface area contributed by atoms with Crippen LogP contribution in [0.25, 0.3) is 0 Å². The molecule has 6 aliphatic heterocycles. The molecule has 0 saturated carbocycles. The van der Waals surface area contributed by atoms with E-state index in [1.807, 2.05) is 19.6 Å². The van der Waals surface area contributed by atoms with Gasteiger partial charge >= 0.3 is 12.4 Å². The van der Waals surface area contributed by atoms with E-state index in [9.17, 15) is 35.9 Å². The minimum Gasteiger partial charge on any atom is -0.381 e. The number of nitrogens with zero attached hydrogens (tertiary/aromatic N) is 6. The van der Waals surface area contributed by atoms with Gasteiger partial charge in [0, 0.05) is 90.2 Å².